The average molecular weight is 355 g/mol. The van der Waals surface area contributed by atoms with E-state index in [0.717, 1.165) is 35.2 Å². The van der Waals surface area contributed by atoms with Gasteiger partial charge in [0.2, 0.25) is 5.91 Å². The second-order valence-corrected chi connectivity index (χ2v) is 6.59. The Bertz CT molecular complexity index is 507. The largest absolute Gasteiger partial charge is 0.496 e. The number of hydrogen-bond donors (Lipinski definition) is 1. The molecule has 2 rings (SSSR count). The van der Waals surface area contributed by atoms with Gasteiger partial charge in [-0.25, -0.2) is 0 Å². The molecule has 1 aliphatic heterocycles. The molecule has 1 aromatic carbocycles. The molecule has 1 amide bonds. The molecule has 116 valence electrons. The highest BCUT2D eigenvalue weighted by atomic mass is 79.9. The summed E-state index contributed by atoms with van der Waals surface area (Å²) in [7, 11) is 1.66. The van der Waals surface area contributed by atoms with Crippen molar-refractivity contribution in [2.75, 3.05) is 13.7 Å². The number of carbonyl (C=O) groups is 1. The monoisotopic (exact) mass is 354 g/mol. The molecule has 1 heterocycles. The van der Waals surface area contributed by atoms with E-state index in [0.29, 0.717) is 12.8 Å². The van der Waals surface area contributed by atoms with Crippen LogP contribution in [0.2, 0.25) is 0 Å². The zero-order valence-electron chi connectivity index (χ0n) is 12.6. The van der Waals surface area contributed by atoms with Crippen LogP contribution in [0.5, 0.6) is 5.75 Å². The minimum absolute atomic E-state index is 0.205. The third-order valence-corrected chi connectivity index (χ3v) is 4.58. The van der Waals surface area contributed by atoms with Crippen molar-refractivity contribution >= 4 is 21.8 Å². The minimum atomic E-state index is 0.205. The van der Waals surface area contributed by atoms with Crippen LogP contribution >= 0.6 is 15.9 Å². The Labute approximate surface area is 134 Å². The Morgan fingerprint density at radius 2 is 2.29 bits per heavy atom. The summed E-state index contributed by atoms with van der Waals surface area (Å²) in [5.74, 6) is 1.04. The summed E-state index contributed by atoms with van der Waals surface area (Å²) in [4.78, 5) is 14.4. The van der Waals surface area contributed by atoms with Crippen LogP contribution in [-0.2, 0) is 11.2 Å². The van der Waals surface area contributed by atoms with Gasteiger partial charge in [-0.05, 0) is 49.9 Å². The van der Waals surface area contributed by atoms with Crippen molar-refractivity contribution in [1.82, 2.24) is 4.90 Å². The molecule has 1 aliphatic rings. The van der Waals surface area contributed by atoms with Crippen molar-refractivity contribution in [2.45, 2.75) is 44.7 Å². The maximum Gasteiger partial charge on any atom is 0.223 e. The molecular weight excluding hydrogens is 332 g/mol. The lowest BCUT2D eigenvalue weighted by molar-refractivity contribution is -0.134. The minimum Gasteiger partial charge on any atom is -0.496 e. The number of benzene rings is 1. The number of amides is 1. The third-order valence-electron chi connectivity index (χ3n) is 4.09. The van der Waals surface area contributed by atoms with Crippen LogP contribution < -0.4 is 10.5 Å². The number of nitrogens with two attached hydrogens (primary N) is 1. The SMILES string of the molecule is COc1ccc(Br)cc1CCC(=O)N1CC[C@@H](N)C[C@@H]1C. The summed E-state index contributed by atoms with van der Waals surface area (Å²) in [5, 5.41) is 0. The van der Waals surface area contributed by atoms with Crippen molar-refractivity contribution in [3.8, 4) is 5.75 Å². The molecule has 1 saturated heterocycles. The standard InChI is InChI=1S/C16H23BrN2O2/c1-11-9-14(18)7-8-19(11)16(20)6-3-12-10-13(17)4-5-15(12)21-2/h4-5,10-11,14H,3,6-9,18H2,1-2H3/t11-,14+/m0/s1. The van der Waals surface area contributed by atoms with Gasteiger partial charge in [-0.3, -0.25) is 4.79 Å². The lowest BCUT2D eigenvalue weighted by atomic mass is 9.98. The normalized spacial score (nSPS) is 22.2. The molecule has 2 N–H and O–H groups in total. The Hall–Kier alpha value is -1.07. The van der Waals surface area contributed by atoms with Gasteiger partial charge >= 0.3 is 0 Å². The molecule has 2 atom stereocenters. The molecule has 0 aliphatic carbocycles. The zero-order chi connectivity index (χ0) is 15.4. The maximum absolute atomic E-state index is 12.4. The number of likely N-dealkylation sites (tertiary alicyclic amines) is 1. The summed E-state index contributed by atoms with van der Waals surface area (Å²) in [6, 6.07) is 6.35. The predicted molar refractivity (Wildman–Crippen MR) is 87.4 cm³/mol. The fraction of sp³-hybridized carbons (Fsp3) is 0.562. The highest BCUT2D eigenvalue weighted by Crippen LogP contribution is 2.25. The van der Waals surface area contributed by atoms with Crippen LogP contribution in [-0.4, -0.2) is 36.5 Å². The van der Waals surface area contributed by atoms with Gasteiger partial charge in [0, 0.05) is 29.5 Å². The van der Waals surface area contributed by atoms with Crippen LogP contribution in [0, 0.1) is 0 Å². The lowest BCUT2D eigenvalue weighted by Gasteiger charge is -2.36. The number of methoxy groups -OCH3 is 1. The zero-order valence-corrected chi connectivity index (χ0v) is 14.2. The van der Waals surface area contributed by atoms with Crippen molar-refractivity contribution in [3.05, 3.63) is 28.2 Å². The molecule has 0 unspecified atom stereocenters. The predicted octanol–water partition coefficient (Wildman–Crippen LogP) is 2.73. The first-order valence-electron chi connectivity index (χ1n) is 7.38. The second-order valence-electron chi connectivity index (χ2n) is 5.68. The van der Waals surface area contributed by atoms with E-state index in [1.54, 1.807) is 7.11 Å². The van der Waals surface area contributed by atoms with Gasteiger partial charge in [0.1, 0.15) is 5.75 Å². The highest BCUT2D eigenvalue weighted by molar-refractivity contribution is 9.10. The summed E-state index contributed by atoms with van der Waals surface area (Å²) >= 11 is 3.46. The smallest absolute Gasteiger partial charge is 0.223 e. The van der Waals surface area contributed by atoms with Gasteiger partial charge in [0.05, 0.1) is 7.11 Å². The van der Waals surface area contributed by atoms with Crippen LogP contribution in [0.3, 0.4) is 0 Å². The number of piperidine rings is 1. The van der Waals surface area contributed by atoms with Crippen LogP contribution in [0.25, 0.3) is 0 Å². The number of halogens is 1. The molecule has 1 aromatic rings. The van der Waals surface area contributed by atoms with E-state index in [2.05, 4.69) is 22.9 Å². The van der Waals surface area contributed by atoms with E-state index < -0.39 is 0 Å². The van der Waals surface area contributed by atoms with Gasteiger partial charge in [0.15, 0.2) is 0 Å². The molecule has 5 heteroatoms. The van der Waals surface area contributed by atoms with Gasteiger partial charge < -0.3 is 15.4 Å². The van der Waals surface area contributed by atoms with Gasteiger partial charge in [-0.2, -0.15) is 0 Å². The summed E-state index contributed by atoms with van der Waals surface area (Å²) < 4.78 is 6.35. The number of rotatable bonds is 4. The van der Waals surface area contributed by atoms with Crippen LogP contribution in [0.1, 0.15) is 31.7 Å². The number of hydrogen-bond acceptors (Lipinski definition) is 3. The number of nitrogens with zero attached hydrogens (tertiary/aromatic N) is 1. The van der Waals surface area contributed by atoms with Crippen molar-refractivity contribution in [2.24, 2.45) is 5.73 Å². The average Bonchev–Trinajstić information content (AvgIpc) is 2.45. The quantitative estimate of drug-likeness (QED) is 0.904. The Morgan fingerprint density at radius 1 is 1.52 bits per heavy atom. The fourth-order valence-electron chi connectivity index (χ4n) is 2.91. The summed E-state index contributed by atoms with van der Waals surface area (Å²) in [6.45, 7) is 2.85. The summed E-state index contributed by atoms with van der Waals surface area (Å²) in [5.41, 5.74) is 7.00. The molecule has 0 spiro atoms. The fourth-order valence-corrected chi connectivity index (χ4v) is 3.32. The van der Waals surface area contributed by atoms with Gasteiger partial charge in [0.25, 0.3) is 0 Å². The molecule has 0 radical (unpaired) electrons. The third kappa shape index (κ3) is 4.20. The van der Waals surface area contributed by atoms with E-state index >= 15 is 0 Å². The Kier molecular flexibility index (Phi) is 5.65. The molecular formula is C16H23BrN2O2. The topological polar surface area (TPSA) is 55.6 Å². The number of carbonyl (C=O) groups excluding carboxylic acids is 1. The first-order chi connectivity index (χ1) is 10.0. The highest BCUT2D eigenvalue weighted by Gasteiger charge is 2.26. The van der Waals surface area contributed by atoms with Crippen molar-refractivity contribution < 1.29 is 9.53 Å². The van der Waals surface area contributed by atoms with E-state index in [1.165, 1.54) is 0 Å². The van der Waals surface area contributed by atoms with Gasteiger partial charge in [-0.15, -0.1) is 0 Å². The molecule has 4 nitrogen and oxygen atoms in total. The number of aryl methyl sites for hydroxylation is 1. The first-order valence-corrected chi connectivity index (χ1v) is 8.18. The Morgan fingerprint density at radius 3 is 2.95 bits per heavy atom. The van der Waals surface area contributed by atoms with Crippen molar-refractivity contribution in [3.63, 3.8) is 0 Å². The van der Waals surface area contributed by atoms with Gasteiger partial charge in [-0.1, -0.05) is 15.9 Å². The first kappa shape index (κ1) is 16.3. The molecule has 21 heavy (non-hydrogen) atoms. The number of ether oxygens (including phenoxy) is 1. The van der Waals surface area contributed by atoms with E-state index in [1.807, 2.05) is 23.1 Å². The Balaban J connectivity index is 1.96. The van der Waals surface area contributed by atoms with Crippen LogP contribution in [0.4, 0.5) is 0 Å². The molecule has 0 saturated carbocycles. The summed E-state index contributed by atoms with van der Waals surface area (Å²) in [6.07, 6.45) is 2.99. The lowest BCUT2D eigenvalue weighted by Crippen LogP contribution is -2.48. The van der Waals surface area contributed by atoms with E-state index in [9.17, 15) is 4.79 Å². The molecule has 0 aromatic heterocycles. The second kappa shape index (κ2) is 7.27. The molecule has 1 fully saturated rings. The maximum atomic E-state index is 12.4. The van der Waals surface area contributed by atoms with Crippen LogP contribution in [0.15, 0.2) is 22.7 Å². The van der Waals surface area contributed by atoms with E-state index in [-0.39, 0.29) is 18.0 Å². The van der Waals surface area contributed by atoms with E-state index in [4.69, 9.17) is 10.5 Å². The van der Waals surface area contributed by atoms with Crippen molar-refractivity contribution in [1.29, 1.82) is 0 Å². The molecule has 0 bridgehead atoms.